The summed E-state index contributed by atoms with van der Waals surface area (Å²) in [5.74, 6) is 0.0156. The van der Waals surface area contributed by atoms with Crippen LogP contribution in [-0.4, -0.2) is 21.1 Å². The molecule has 112 valence electrons. The molecule has 0 fully saturated rings. The Kier molecular flexibility index (Phi) is 3.82. The molecule has 0 aliphatic rings. The predicted molar refractivity (Wildman–Crippen MR) is 87.5 cm³/mol. The summed E-state index contributed by atoms with van der Waals surface area (Å²) in [4.78, 5) is 19.1. The highest BCUT2D eigenvalue weighted by Crippen LogP contribution is 2.25. The van der Waals surface area contributed by atoms with E-state index in [9.17, 15) is 4.79 Å². The number of hydrogen-bond acceptors (Lipinski definition) is 4. The molecule has 0 aliphatic heterocycles. The summed E-state index contributed by atoms with van der Waals surface area (Å²) >= 11 is 3.48. The Labute approximate surface area is 134 Å². The fourth-order valence-corrected chi connectivity index (χ4v) is 2.47. The Bertz CT molecular complexity index is 821. The Hall–Kier alpha value is -2.38. The van der Waals surface area contributed by atoms with Crippen LogP contribution in [0.15, 0.2) is 40.9 Å². The molecule has 0 bridgehead atoms. The van der Waals surface area contributed by atoms with E-state index in [0.29, 0.717) is 17.2 Å². The molecule has 7 heteroatoms. The van der Waals surface area contributed by atoms with E-state index in [1.165, 1.54) is 0 Å². The minimum atomic E-state index is -0.562. The topological polar surface area (TPSA) is 90.0 Å². The zero-order valence-electron chi connectivity index (χ0n) is 11.6. The van der Waals surface area contributed by atoms with Crippen LogP contribution >= 0.6 is 15.9 Å². The minimum Gasteiger partial charge on any atom is -0.326 e. The number of carbonyl (C=O) groups excluding carboxylic acids is 1. The monoisotopic (exact) mass is 360 g/mol. The number of amides is 1. The molecule has 1 amide bonds. The smallest absolute Gasteiger partial charge is 0.274 e. The van der Waals surface area contributed by atoms with Crippen LogP contribution in [0.1, 0.15) is 15.9 Å². The molecule has 4 N–H and O–H groups in total. The van der Waals surface area contributed by atoms with Gasteiger partial charge in [-0.2, -0.15) is 0 Å². The second-order valence-corrected chi connectivity index (χ2v) is 5.71. The van der Waals surface area contributed by atoms with Gasteiger partial charge >= 0.3 is 0 Å². The van der Waals surface area contributed by atoms with Crippen molar-refractivity contribution >= 4 is 44.5 Å². The molecule has 0 saturated heterocycles. The number of rotatable bonds is 3. The zero-order valence-corrected chi connectivity index (χ0v) is 13.2. The third-order valence-corrected chi connectivity index (χ3v) is 4.11. The molecule has 1 heterocycles. The van der Waals surface area contributed by atoms with E-state index in [4.69, 9.17) is 5.21 Å². The highest BCUT2D eigenvalue weighted by atomic mass is 79.9. The number of nitrogens with zero attached hydrogens (tertiary/aromatic N) is 1. The molecule has 0 spiro atoms. The van der Waals surface area contributed by atoms with Crippen LogP contribution in [0.2, 0.25) is 0 Å². The molecule has 3 aromatic rings. The normalized spacial score (nSPS) is 10.7. The van der Waals surface area contributed by atoms with Gasteiger partial charge < -0.3 is 10.3 Å². The number of aromatic amines is 1. The Morgan fingerprint density at radius 3 is 2.91 bits per heavy atom. The molecule has 22 heavy (non-hydrogen) atoms. The molecule has 0 atom stereocenters. The molecule has 0 aliphatic carbocycles. The lowest BCUT2D eigenvalue weighted by atomic mass is 10.2. The van der Waals surface area contributed by atoms with Crippen molar-refractivity contribution in [2.45, 2.75) is 6.92 Å². The lowest BCUT2D eigenvalue weighted by Gasteiger charge is -2.04. The highest BCUT2D eigenvalue weighted by Gasteiger charge is 2.08. The van der Waals surface area contributed by atoms with Gasteiger partial charge in [0.1, 0.15) is 0 Å². The number of aryl methyl sites for hydroxylation is 1. The molecule has 2 aromatic carbocycles. The molecule has 0 unspecified atom stereocenters. The van der Waals surface area contributed by atoms with E-state index >= 15 is 0 Å². The van der Waals surface area contributed by atoms with Gasteiger partial charge in [-0.25, -0.2) is 10.5 Å². The first-order valence-corrected chi connectivity index (χ1v) is 7.33. The third-order valence-electron chi connectivity index (χ3n) is 3.25. The van der Waals surface area contributed by atoms with E-state index in [1.807, 2.05) is 25.1 Å². The van der Waals surface area contributed by atoms with E-state index in [-0.39, 0.29) is 0 Å². The van der Waals surface area contributed by atoms with Crippen molar-refractivity contribution < 1.29 is 10.0 Å². The standard InChI is InChI=1S/C15H13BrN4O2/c1-8-5-12-13(7-11(8)16)19-15(18-12)17-10-4-2-3-9(6-10)14(21)20-22/h2-7,22H,1H3,(H,20,21)(H2,17,18,19). The molecule has 1 aromatic heterocycles. The average molecular weight is 361 g/mol. The number of carbonyl (C=O) groups is 1. The Morgan fingerprint density at radius 1 is 1.32 bits per heavy atom. The quantitative estimate of drug-likeness (QED) is 0.425. The number of fused-ring (bicyclic) bond motifs is 1. The van der Waals surface area contributed by atoms with Crippen molar-refractivity contribution in [3.63, 3.8) is 0 Å². The molecule has 3 rings (SSSR count). The Morgan fingerprint density at radius 2 is 2.14 bits per heavy atom. The number of halogens is 1. The molecule has 0 radical (unpaired) electrons. The van der Waals surface area contributed by atoms with Gasteiger partial charge in [0, 0.05) is 15.7 Å². The first kappa shape index (κ1) is 14.6. The van der Waals surface area contributed by atoms with Crippen LogP contribution in [0.25, 0.3) is 11.0 Å². The van der Waals surface area contributed by atoms with Gasteiger partial charge in [-0.1, -0.05) is 22.0 Å². The fraction of sp³-hybridized carbons (Fsp3) is 0.0667. The van der Waals surface area contributed by atoms with Crippen molar-refractivity contribution in [2.24, 2.45) is 0 Å². The second kappa shape index (κ2) is 5.78. The number of imidazole rings is 1. The van der Waals surface area contributed by atoms with Gasteiger partial charge in [-0.15, -0.1) is 0 Å². The third kappa shape index (κ3) is 2.81. The van der Waals surface area contributed by atoms with Gasteiger partial charge in [0.15, 0.2) is 0 Å². The van der Waals surface area contributed by atoms with Crippen LogP contribution < -0.4 is 10.8 Å². The number of hydroxylamine groups is 1. The SMILES string of the molecule is Cc1cc2[nH]c(Nc3cccc(C(=O)NO)c3)nc2cc1Br. The largest absolute Gasteiger partial charge is 0.326 e. The summed E-state index contributed by atoms with van der Waals surface area (Å²) in [6.07, 6.45) is 0. The minimum absolute atomic E-state index is 0.349. The van der Waals surface area contributed by atoms with Crippen LogP contribution in [0.4, 0.5) is 11.6 Å². The number of aromatic nitrogens is 2. The summed E-state index contributed by atoms with van der Waals surface area (Å²) in [7, 11) is 0. The fourth-order valence-electron chi connectivity index (χ4n) is 2.14. The maximum absolute atomic E-state index is 11.4. The van der Waals surface area contributed by atoms with Gasteiger partial charge in [0.05, 0.1) is 11.0 Å². The van der Waals surface area contributed by atoms with E-state index in [2.05, 4.69) is 31.2 Å². The maximum Gasteiger partial charge on any atom is 0.274 e. The predicted octanol–water partition coefficient (Wildman–Crippen LogP) is 3.50. The van der Waals surface area contributed by atoms with Gasteiger partial charge in [0.25, 0.3) is 5.91 Å². The number of hydrogen-bond donors (Lipinski definition) is 4. The van der Waals surface area contributed by atoms with Gasteiger partial charge in [0.2, 0.25) is 5.95 Å². The van der Waals surface area contributed by atoms with Crippen molar-refractivity contribution in [3.8, 4) is 0 Å². The van der Waals surface area contributed by atoms with E-state index in [0.717, 1.165) is 21.1 Å². The lowest BCUT2D eigenvalue weighted by molar-refractivity contribution is 0.0706. The molecular formula is C15H13BrN4O2. The van der Waals surface area contributed by atoms with Gasteiger partial charge in [-0.05, 0) is 42.8 Å². The zero-order chi connectivity index (χ0) is 15.7. The van der Waals surface area contributed by atoms with Crippen molar-refractivity contribution in [2.75, 3.05) is 5.32 Å². The second-order valence-electron chi connectivity index (χ2n) is 4.85. The number of anilines is 2. The maximum atomic E-state index is 11.4. The molecule has 0 saturated carbocycles. The number of benzene rings is 2. The van der Waals surface area contributed by atoms with Crippen molar-refractivity contribution in [3.05, 3.63) is 52.0 Å². The van der Waals surface area contributed by atoms with Gasteiger partial charge in [-0.3, -0.25) is 10.0 Å². The van der Waals surface area contributed by atoms with Crippen molar-refractivity contribution in [1.29, 1.82) is 0 Å². The number of nitrogens with one attached hydrogen (secondary N) is 3. The van der Waals surface area contributed by atoms with Crippen LogP contribution in [0.5, 0.6) is 0 Å². The van der Waals surface area contributed by atoms with E-state index < -0.39 is 5.91 Å². The summed E-state index contributed by atoms with van der Waals surface area (Å²) in [5.41, 5.74) is 5.53. The van der Waals surface area contributed by atoms with Crippen LogP contribution in [0.3, 0.4) is 0 Å². The number of H-pyrrole nitrogens is 1. The molecule has 6 nitrogen and oxygen atoms in total. The summed E-state index contributed by atoms with van der Waals surface area (Å²) in [5, 5.41) is 11.8. The summed E-state index contributed by atoms with van der Waals surface area (Å²) in [6, 6.07) is 10.7. The highest BCUT2D eigenvalue weighted by molar-refractivity contribution is 9.10. The van der Waals surface area contributed by atoms with Crippen LogP contribution in [-0.2, 0) is 0 Å². The van der Waals surface area contributed by atoms with Crippen LogP contribution in [0, 0.1) is 6.92 Å². The first-order valence-electron chi connectivity index (χ1n) is 6.54. The first-order chi connectivity index (χ1) is 10.6. The Balaban J connectivity index is 1.91. The summed E-state index contributed by atoms with van der Waals surface area (Å²) in [6.45, 7) is 2.01. The lowest BCUT2D eigenvalue weighted by Crippen LogP contribution is -2.18. The van der Waals surface area contributed by atoms with Crippen molar-refractivity contribution in [1.82, 2.24) is 15.4 Å². The average Bonchev–Trinajstić information content (AvgIpc) is 2.88. The summed E-state index contributed by atoms with van der Waals surface area (Å²) < 4.78 is 1.000. The van der Waals surface area contributed by atoms with E-state index in [1.54, 1.807) is 23.7 Å². The molecular weight excluding hydrogens is 348 g/mol.